The van der Waals surface area contributed by atoms with Crippen LogP contribution in [-0.2, 0) is 23.8 Å². The molecule has 0 aromatic carbocycles. The first kappa shape index (κ1) is 12.0. The minimum Gasteiger partial charge on any atom is -0.469 e. The van der Waals surface area contributed by atoms with Crippen LogP contribution in [0.3, 0.4) is 0 Å². The first-order chi connectivity index (χ1) is 7.13. The Balaban J connectivity index is 1.97. The van der Waals surface area contributed by atoms with E-state index in [1.165, 1.54) is 14.0 Å². The molecule has 0 amide bonds. The van der Waals surface area contributed by atoms with Crippen LogP contribution in [0, 0.1) is 0 Å². The largest absolute Gasteiger partial charge is 0.469 e. The lowest BCUT2D eigenvalue weighted by molar-refractivity contribution is -0.142. The SMILES string of the molecule is COC(=O)CCC[C@H]1O[C@@H]1COC(C)=O. The van der Waals surface area contributed by atoms with Crippen molar-refractivity contribution in [3.05, 3.63) is 0 Å². The molecule has 0 aliphatic carbocycles. The fraction of sp³-hybridized carbons (Fsp3) is 0.800. The second kappa shape index (κ2) is 5.70. The van der Waals surface area contributed by atoms with Gasteiger partial charge in [-0.3, -0.25) is 9.59 Å². The number of carbonyl (C=O) groups is 2. The van der Waals surface area contributed by atoms with E-state index in [-0.39, 0.29) is 24.1 Å². The molecular formula is C10H16O5. The molecule has 1 saturated heterocycles. The zero-order valence-corrected chi connectivity index (χ0v) is 9.02. The maximum atomic E-state index is 10.8. The Labute approximate surface area is 88.7 Å². The van der Waals surface area contributed by atoms with Crippen molar-refractivity contribution in [2.24, 2.45) is 0 Å². The minimum absolute atomic E-state index is 0.0200. The van der Waals surface area contributed by atoms with Crippen LogP contribution < -0.4 is 0 Å². The summed E-state index contributed by atoms with van der Waals surface area (Å²) in [5.74, 6) is -0.494. The van der Waals surface area contributed by atoms with Gasteiger partial charge in [-0.1, -0.05) is 0 Å². The van der Waals surface area contributed by atoms with Crippen molar-refractivity contribution in [1.29, 1.82) is 0 Å². The highest BCUT2D eigenvalue weighted by molar-refractivity contribution is 5.69. The topological polar surface area (TPSA) is 65.1 Å². The molecule has 1 fully saturated rings. The maximum Gasteiger partial charge on any atom is 0.305 e. The lowest BCUT2D eigenvalue weighted by Crippen LogP contribution is -2.08. The first-order valence-electron chi connectivity index (χ1n) is 4.99. The number of ether oxygens (including phenoxy) is 3. The molecule has 2 atom stereocenters. The lowest BCUT2D eigenvalue weighted by Gasteiger charge is -1.98. The fourth-order valence-corrected chi connectivity index (χ4v) is 1.33. The Hall–Kier alpha value is -1.10. The summed E-state index contributed by atoms with van der Waals surface area (Å²) in [4.78, 5) is 21.3. The van der Waals surface area contributed by atoms with Crippen molar-refractivity contribution in [2.75, 3.05) is 13.7 Å². The Bertz CT molecular complexity index is 238. The summed E-state index contributed by atoms with van der Waals surface area (Å²) in [6.07, 6.45) is 2.12. The maximum absolute atomic E-state index is 10.8. The summed E-state index contributed by atoms with van der Waals surface area (Å²) in [6, 6.07) is 0. The van der Waals surface area contributed by atoms with Crippen LogP contribution in [0.2, 0.25) is 0 Å². The van der Waals surface area contributed by atoms with Gasteiger partial charge in [0.25, 0.3) is 0 Å². The van der Waals surface area contributed by atoms with Gasteiger partial charge in [0.05, 0.1) is 13.2 Å². The van der Waals surface area contributed by atoms with Crippen molar-refractivity contribution in [2.45, 2.75) is 38.4 Å². The zero-order valence-electron chi connectivity index (χ0n) is 9.02. The summed E-state index contributed by atoms with van der Waals surface area (Å²) < 4.78 is 14.6. The van der Waals surface area contributed by atoms with E-state index in [0.717, 1.165) is 12.8 Å². The highest BCUT2D eigenvalue weighted by atomic mass is 16.6. The van der Waals surface area contributed by atoms with Crippen molar-refractivity contribution >= 4 is 11.9 Å². The summed E-state index contributed by atoms with van der Waals surface area (Å²) in [6.45, 7) is 1.69. The van der Waals surface area contributed by atoms with Crippen molar-refractivity contribution in [3.63, 3.8) is 0 Å². The van der Waals surface area contributed by atoms with E-state index in [2.05, 4.69) is 4.74 Å². The number of methoxy groups -OCH3 is 1. The third-order valence-electron chi connectivity index (χ3n) is 2.24. The predicted octanol–water partition coefficient (Wildman–Crippen LogP) is 0.660. The molecule has 86 valence electrons. The molecule has 0 N–H and O–H groups in total. The molecule has 1 aliphatic heterocycles. The van der Waals surface area contributed by atoms with Crippen molar-refractivity contribution in [1.82, 2.24) is 0 Å². The second-order valence-corrected chi connectivity index (χ2v) is 3.48. The van der Waals surface area contributed by atoms with E-state index < -0.39 is 0 Å². The highest BCUT2D eigenvalue weighted by Gasteiger charge is 2.38. The standard InChI is InChI=1S/C10H16O5/c1-7(11)14-6-9-8(15-9)4-3-5-10(12)13-2/h8-9H,3-6H2,1-2H3/t8-,9-/m1/s1. The molecule has 0 unspecified atom stereocenters. The Morgan fingerprint density at radius 1 is 1.33 bits per heavy atom. The summed E-state index contributed by atoms with van der Waals surface area (Å²) in [7, 11) is 1.37. The van der Waals surface area contributed by atoms with E-state index >= 15 is 0 Å². The molecular weight excluding hydrogens is 200 g/mol. The monoisotopic (exact) mass is 216 g/mol. The van der Waals surface area contributed by atoms with E-state index in [1.54, 1.807) is 0 Å². The number of hydrogen-bond donors (Lipinski definition) is 0. The van der Waals surface area contributed by atoms with Gasteiger partial charge in [-0.25, -0.2) is 0 Å². The molecule has 0 radical (unpaired) electrons. The Morgan fingerprint density at radius 3 is 2.67 bits per heavy atom. The molecule has 1 aliphatic rings. The van der Waals surface area contributed by atoms with Crippen LogP contribution in [-0.4, -0.2) is 37.9 Å². The third-order valence-corrected chi connectivity index (χ3v) is 2.24. The van der Waals surface area contributed by atoms with Crippen molar-refractivity contribution < 1.29 is 23.8 Å². The van der Waals surface area contributed by atoms with E-state index in [1.807, 2.05) is 0 Å². The van der Waals surface area contributed by atoms with Gasteiger partial charge in [0.15, 0.2) is 0 Å². The minimum atomic E-state index is -0.293. The summed E-state index contributed by atoms with van der Waals surface area (Å²) in [5.41, 5.74) is 0. The van der Waals surface area contributed by atoms with Gasteiger partial charge in [0.1, 0.15) is 12.7 Å². The highest BCUT2D eigenvalue weighted by Crippen LogP contribution is 2.27. The second-order valence-electron chi connectivity index (χ2n) is 3.48. The van der Waals surface area contributed by atoms with E-state index in [0.29, 0.717) is 13.0 Å². The van der Waals surface area contributed by atoms with Gasteiger partial charge in [-0.05, 0) is 12.8 Å². The first-order valence-corrected chi connectivity index (χ1v) is 4.99. The van der Waals surface area contributed by atoms with E-state index in [4.69, 9.17) is 9.47 Å². The molecule has 0 aromatic heterocycles. The summed E-state index contributed by atoms with van der Waals surface area (Å²) in [5, 5.41) is 0. The predicted molar refractivity (Wildman–Crippen MR) is 51.2 cm³/mol. The molecule has 0 saturated carbocycles. The fourth-order valence-electron chi connectivity index (χ4n) is 1.33. The Kier molecular flexibility index (Phi) is 4.55. The molecule has 5 nitrogen and oxygen atoms in total. The average molecular weight is 216 g/mol. The van der Waals surface area contributed by atoms with Gasteiger partial charge >= 0.3 is 11.9 Å². The lowest BCUT2D eigenvalue weighted by atomic mass is 10.1. The molecule has 5 heteroatoms. The van der Waals surface area contributed by atoms with Crippen LogP contribution >= 0.6 is 0 Å². The van der Waals surface area contributed by atoms with Gasteiger partial charge in [0.2, 0.25) is 0 Å². The van der Waals surface area contributed by atoms with Crippen LogP contribution in [0.25, 0.3) is 0 Å². The van der Waals surface area contributed by atoms with Crippen LogP contribution in [0.5, 0.6) is 0 Å². The molecule has 1 heterocycles. The number of hydrogen-bond acceptors (Lipinski definition) is 5. The summed E-state index contributed by atoms with van der Waals surface area (Å²) >= 11 is 0. The van der Waals surface area contributed by atoms with Gasteiger partial charge in [-0.2, -0.15) is 0 Å². The van der Waals surface area contributed by atoms with Crippen LogP contribution in [0.4, 0.5) is 0 Å². The smallest absolute Gasteiger partial charge is 0.305 e. The molecule has 0 aromatic rings. The van der Waals surface area contributed by atoms with Crippen LogP contribution in [0.1, 0.15) is 26.2 Å². The van der Waals surface area contributed by atoms with E-state index in [9.17, 15) is 9.59 Å². The molecule has 0 spiro atoms. The molecule has 0 bridgehead atoms. The number of esters is 2. The molecule has 1 rings (SSSR count). The van der Waals surface area contributed by atoms with Crippen LogP contribution in [0.15, 0.2) is 0 Å². The Morgan fingerprint density at radius 2 is 2.07 bits per heavy atom. The average Bonchev–Trinajstić information content (AvgIpc) is 2.93. The number of carbonyl (C=O) groups excluding carboxylic acids is 2. The third kappa shape index (κ3) is 4.78. The van der Waals surface area contributed by atoms with Gasteiger partial charge in [-0.15, -0.1) is 0 Å². The number of epoxide rings is 1. The number of rotatable bonds is 6. The normalized spacial score (nSPS) is 23.3. The van der Waals surface area contributed by atoms with Crippen molar-refractivity contribution in [3.8, 4) is 0 Å². The quantitative estimate of drug-likeness (QED) is 0.482. The van der Waals surface area contributed by atoms with Gasteiger partial charge in [0, 0.05) is 13.3 Å². The zero-order chi connectivity index (χ0) is 11.3. The van der Waals surface area contributed by atoms with Gasteiger partial charge < -0.3 is 14.2 Å². The molecule has 15 heavy (non-hydrogen) atoms.